The number of rotatable bonds is 0. The third kappa shape index (κ3) is 1.80. The second-order valence-corrected chi connectivity index (χ2v) is 4.01. The van der Waals surface area contributed by atoms with Gasteiger partial charge in [0.25, 0.3) is 0 Å². The fourth-order valence-electron chi connectivity index (χ4n) is 1.02. The van der Waals surface area contributed by atoms with Gasteiger partial charge in [-0.1, -0.05) is 6.92 Å². The molecule has 4 heteroatoms. The number of nitrogens with two attached hydrogens (primary N) is 1. The predicted molar refractivity (Wildman–Crippen MR) is 43.1 cm³/mol. The van der Waals surface area contributed by atoms with Crippen molar-refractivity contribution >= 4 is 17.8 Å². The topological polar surface area (TPSA) is 46.3 Å². The lowest BCUT2D eigenvalue weighted by molar-refractivity contribution is 0.210. The highest BCUT2D eigenvalue weighted by Crippen LogP contribution is 2.16. The highest BCUT2D eigenvalue weighted by atomic mass is 32.2. The Bertz CT molecular complexity index is 140. The number of carbonyl (C=O) groups is 1. The van der Waals surface area contributed by atoms with Gasteiger partial charge in [-0.2, -0.15) is 11.8 Å². The van der Waals surface area contributed by atoms with Crippen molar-refractivity contribution in [2.75, 3.05) is 18.8 Å². The van der Waals surface area contributed by atoms with E-state index in [2.05, 4.69) is 6.92 Å². The quantitative estimate of drug-likeness (QED) is 0.561. The molecule has 0 spiro atoms. The van der Waals surface area contributed by atoms with Gasteiger partial charge in [0.05, 0.1) is 0 Å². The van der Waals surface area contributed by atoms with Crippen LogP contribution in [0.4, 0.5) is 4.79 Å². The number of hydrogen-bond donors (Lipinski definition) is 1. The summed E-state index contributed by atoms with van der Waals surface area (Å²) in [5.74, 6) is 1.02. The summed E-state index contributed by atoms with van der Waals surface area (Å²) in [5, 5.41) is 0.543. The second kappa shape index (κ2) is 3.14. The molecule has 0 aromatic heterocycles. The van der Waals surface area contributed by atoms with Gasteiger partial charge in [-0.3, -0.25) is 0 Å². The Hall–Kier alpha value is -0.380. The van der Waals surface area contributed by atoms with E-state index in [1.165, 1.54) is 0 Å². The van der Waals surface area contributed by atoms with Gasteiger partial charge in [0.2, 0.25) is 0 Å². The lowest BCUT2D eigenvalue weighted by Crippen LogP contribution is -2.43. The van der Waals surface area contributed by atoms with E-state index < -0.39 is 0 Å². The zero-order valence-electron chi connectivity index (χ0n) is 6.04. The van der Waals surface area contributed by atoms with Gasteiger partial charge in [-0.05, 0) is 0 Å². The third-order valence-corrected chi connectivity index (χ3v) is 2.69. The van der Waals surface area contributed by atoms with Gasteiger partial charge < -0.3 is 10.6 Å². The summed E-state index contributed by atoms with van der Waals surface area (Å²) in [4.78, 5) is 12.3. The first-order chi connectivity index (χ1) is 4.70. The van der Waals surface area contributed by atoms with Crippen LogP contribution >= 0.6 is 11.8 Å². The molecule has 58 valence electrons. The molecule has 1 aliphatic heterocycles. The number of thioether (sulfide) groups is 1. The number of hydrogen-bond acceptors (Lipinski definition) is 2. The molecule has 1 unspecified atom stereocenters. The van der Waals surface area contributed by atoms with E-state index in [1.54, 1.807) is 4.90 Å². The lowest BCUT2D eigenvalue weighted by Gasteiger charge is -2.28. The number of urea groups is 1. The van der Waals surface area contributed by atoms with Crippen LogP contribution < -0.4 is 5.73 Å². The summed E-state index contributed by atoms with van der Waals surface area (Å²) in [7, 11) is 0. The molecule has 2 amide bonds. The highest BCUT2D eigenvalue weighted by molar-refractivity contribution is 7.99. The average Bonchev–Trinajstić information content (AvgIpc) is 1.88. The van der Waals surface area contributed by atoms with Crippen molar-refractivity contribution in [3.63, 3.8) is 0 Å². The molecule has 0 aromatic rings. The van der Waals surface area contributed by atoms with E-state index in [0.29, 0.717) is 5.25 Å². The van der Waals surface area contributed by atoms with E-state index in [1.807, 2.05) is 11.8 Å². The smallest absolute Gasteiger partial charge is 0.314 e. The van der Waals surface area contributed by atoms with Crippen LogP contribution in [-0.2, 0) is 0 Å². The maximum atomic E-state index is 10.6. The van der Waals surface area contributed by atoms with Crippen LogP contribution in [0.2, 0.25) is 0 Å². The van der Waals surface area contributed by atoms with Crippen molar-refractivity contribution in [3.8, 4) is 0 Å². The van der Waals surface area contributed by atoms with Crippen molar-refractivity contribution < 1.29 is 4.79 Å². The first kappa shape index (κ1) is 7.72. The fourth-order valence-corrected chi connectivity index (χ4v) is 2.03. The highest BCUT2D eigenvalue weighted by Gasteiger charge is 2.18. The van der Waals surface area contributed by atoms with E-state index in [-0.39, 0.29) is 6.03 Å². The van der Waals surface area contributed by atoms with Crippen LogP contribution in [0.3, 0.4) is 0 Å². The van der Waals surface area contributed by atoms with Crippen LogP contribution in [0.5, 0.6) is 0 Å². The van der Waals surface area contributed by atoms with Crippen LogP contribution in [0, 0.1) is 0 Å². The number of carbonyl (C=O) groups excluding carboxylic acids is 1. The van der Waals surface area contributed by atoms with Crippen molar-refractivity contribution in [1.29, 1.82) is 0 Å². The molecular weight excluding hydrogens is 148 g/mol. The van der Waals surface area contributed by atoms with E-state index in [9.17, 15) is 4.79 Å². The van der Waals surface area contributed by atoms with Gasteiger partial charge in [0, 0.05) is 24.1 Å². The molecule has 10 heavy (non-hydrogen) atoms. The monoisotopic (exact) mass is 160 g/mol. The molecule has 3 nitrogen and oxygen atoms in total. The molecule has 1 atom stereocenters. The van der Waals surface area contributed by atoms with E-state index >= 15 is 0 Å². The molecule has 1 heterocycles. The molecule has 2 N–H and O–H groups in total. The molecule has 1 saturated heterocycles. The largest absolute Gasteiger partial charge is 0.351 e. The Labute approximate surface area is 64.9 Å². The maximum Gasteiger partial charge on any atom is 0.314 e. The molecular formula is C6H12N2OS. The third-order valence-electron chi connectivity index (χ3n) is 1.55. The van der Waals surface area contributed by atoms with Crippen LogP contribution in [0.1, 0.15) is 6.92 Å². The minimum Gasteiger partial charge on any atom is -0.351 e. The summed E-state index contributed by atoms with van der Waals surface area (Å²) in [6.07, 6.45) is 0. The summed E-state index contributed by atoms with van der Waals surface area (Å²) in [5.41, 5.74) is 5.11. The molecule has 0 aromatic carbocycles. The van der Waals surface area contributed by atoms with Crippen LogP contribution in [-0.4, -0.2) is 35.0 Å². The molecule has 0 aliphatic carbocycles. The van der Waals surface area contributed by atoms with Crippen LogP contribution in [0.15, 0.2) is 0 Å². The van der Waals surface area contributed by atoms with Crippen molar-refractivity contribution in [2.45, 2.75) is 12.2 Å². The molecule has 0 radical (unpaired) electrons. The Morgan fingerprint density at radius 1 is 1.80 bits per heavy atom. The van der Waals surface area contributed by atoms with E-state index in [0.717, 1.165) is 18.8 Å². The zero-order valence-corrected chi connectivity index (χ0v) is 6.86. The number of nitrogens with zero attached hydrogens (tertiary/aromatic N) is 1. The van der Waals surface area contributed by atoms with Crippen molar-refractivity contribution in [3.05, 3.63) is 0 Å². The predicted octanol–water partition coefficient (Wildman–Crippen LogP) is 0.502. The summed E-state index contributed by atoms with van der Waals surface area (Å²) < 4.78 is 0. The van der Waals surface area contributed by atoms with Crippen molar-refractivity contribution in [2.24, 2.45) is 5.73 Å². The Kier molecular flexibility index (Phi) is 2.43. The first-order valence-electron chi connectivity index (χ1n) is 3.36. The summed E-state index contributed by atoms with van der Waals surface area (Å²) in [6.45, 7) is 3.73. The molecule has 1 aliphatic rings. The normalized spacial score (nSPS) is 26.5. The van der Waals surface area contributed by atoms with Crippen LogP contribution in [0.25, 0.3) is 0 Å². The fraction of sp³-hybridized carbons (Fsp3) is 0.833. The zero-order chi connectivity index (χ0) is 7.56. The maximum absolute atomic E-state index is 10.6. The van der Waals surface area contributed by atoms with Gasteiger partial charge >= 0.3 is 6.03 Å². The minimum atomic E-state index is -0.285. The standard InChI is InChI=1S/C6H12N2OS/c1-5-4-8(6(7)9)2-3-10-5/h5H,2-4H2,1H3,(H2,7,9). The summed E-state index contributed by atoms with van der Waals surface area (Å²) in [6, 6.07) is -0.285. The van der Waals surface area contributed by atoms with Gasteiger partial charge in [-0.15, -0.1) is 0 Å². The Morgan fingerprint density at radius 2 is 2.50 bits per heavy atom. The molecule has 1 fully saturated rings. The minimum absolute atomic E-state index is 0.285. The van der Waals surface area contributed by atoms with Gasteiger partial charge in [0.1, 0.15) is 0 Å². The summed E-state index contributed by atoms with van der Waals surface area (Å²) >= 11 is 1.89. The Morgan fingerprint density at radius 3 is 2.90 bits per heavy atom. The molecule has 0 saturated carbocycles. The average molecular weight is 160 g/mol. The number of amides is 2. The lowest BCUT2D eigenvalue weighted by atomic mass is 10.4. The van der Waals surface area contributed by atoms with Gasteiger partial charge in [0.15, 0.2) is 0 Å². The van der Waals surface area contributed by atoms with E-state index in [4.69, 9.17) is 5.73 Å². The first-order valence-corrected chi connectivity index (χ1v) is 4.41. The Balaban J connectivity index is 2.39. The number of primary amides is 1. The van der Waals surface area contributed by atoms with Gasteiger partial charge in [-0.25, -0.2) is 4.79 Å². The van der Waals surface area contributed by atoms with Crippen molar-refractivity contribution in [1.82, 2.24) is 4.90 Å². The molecule has 1 rings (SSSR count). The second-order valence-electron chi connectivity index (χ2n) is 2.47. The SMILES string of the molecule is CC1CN(C(N)=O)CCS1. The molecule has 0 bridgehead atoms.